The lowest BCUT2D eigenvalue weighted by Crippen LogP contribution is -2.45. The molecule has 1 N–H and O–H groups in total. The van der Waals surface area contributed by atoms with Gasteiger partial charge in [-0.05, 0) is 49.2 Å². The van der Waals surface area contributed by atoms with Gasteiger partial charge in [0.2, 0.25) is 0 Å². The van der Waals surface area contributed by atoms with Crippen molar-refractivity contribution in [1.82, 2.24) is 0 Å². The number of rotatable bonds is 6. The number of carbonyl (C=O) groups excluding carboxylic acids is 2. The highest BCUT2D eigenvalue weighted by Gasteiger charge is 2.31. The van der Waals surface area contributed by atoms with Crippen molar-refractivity contribution in [2.75, 3.05) is 23.9 Å². The van der Waals surface area contributed by atoms with E-state index in [4.69, 9.17) is 9.47 Å². The minimum absolute atomic E-state index is 0.100. The van der Waals surface area contributed by atoms with Gasteiger partial charge in [-0.15, -0.1) is 0 Å². The van der Waals surface area contributed by atoms with Crippen LogP contribution in [-0.2, 0) is 11.2 Å². The molecular formula is C25H24N2O4. The summed E-state index contributed by atoms with van der Waals surface area (Å²) in [6.45, 7) is 2.27. The van der Waals surface area contributed by atoms with E-state index in [1.807, 2.05) is 36.4 Å². The Kier molecular flexibility index (Phi) is 5.89. The summed E-state index contributed by atoms with van der Waals surface area (Å²) in [4.78, 5) is 27.3. The first-order valence-corrected chi connectivity index (χ1v) is 10.2. The number of fused-ring (bicyclic) bond motifs is 1. The van der Waals surface area contributed by atoms with Crippen molar-refractivity contribution >= 4 is 23.2 Å². The zero-order valence-electron chi connectivity index (χ0n) is 17.5. The summed E-state index contributed by atoms with van der Waals surface area (Å²) in [5.74, 6) is 0.728. The zero-order chi connectivity index (χ0) is 21.8. The van der Waals surface area contributed by atoms with Crippen LogP contribution in [0.3, 0.4) is 0 Å². The summed E-state index contributed by atoms with van der Waals surface area (Å²) in [5.41, 5.74) is 2.81. The first kappa shape index (κ1) is 20.5. The summed E-state index contributed by atoms with van der Waals surface area (Å²) < 4.78 is 11.1. The molecular weight excluding hydrogens is 392 g/mol. The van der Waals surface area contributed by atoms with E-state index < -0.39 is 6.10 Å². The second-order valence-corrected chi connectivity index (χ2v) is 7.32. The van der Waals surface area contributed by atoms with Crippen LogP contribution in [0.15, 0.2) is 72.8 Å². The van der Waals surface area contributed by atoms with E-state index in [2.05, 4.69) is 5.32 Å². The average Bonchev–Trinajstić information content (AvgIpc) is 2.80. The maximum absolute atomic E-state index is 12.8. The predicted octanol–water partition coefficient (Wildman–Crippen LogP) is 4.30. The molecule has 0 radical (unpaired) electrons. The predicted molar refractivity (Wildman–Crippen MR) is 120 cm³/mol. The number of methoxy groups -OCH3 is 1. The summed E-state index contributed by atoms with van der Waals surface area (Å²) in [6, 6.07) is 22.4. The SMILES string of the molecule is COc1ccccc1C(=O)Nc1ccc2c(c1)N(CCc1ccccc1)C(=O)C(C)O2. The minimum atomic E-state index is -0.558. The third-order valence-electron chi connectivity index (χ3n) is 5.24. The topological polar surface area (TPSA) is 67.9 Å². The fourth-order valence-corrected chi connectivity index (χ4v) is 3.63. The maximum atomic E-state index is 12.8. The van der Waals surface area contributed by atoms with Crippen molar-refractivity contribution in [3.05, 3.63) is 83.9 Å². The van der Waals surface area contributed by atoms with Crippen LogP contribution in [0.25, 0.3) is 0 Å². The molecule has 4 rings (SSSR count). The minimum Gasteiger partial charge on any atom is -0.496 e. The van der Waals surface area contributed by atoms with Crippen LogP contribution in [0.1, 0.15) is 22.8 Å². The van der Waals surface area contributed by atoms with Crippen LogP contribution in [0.2, 0.25) is 0 Å². The molecule has 6 heteroatoms. The number of hydrogen-bond acceptors (Lipinski definition) is 4. The van der Waals surface area contributed by atoms with Gasteiger partial charge in [-0.3, -0.25) is 9.59 Å². The number of amides is 2. The second-order valence-electron chi connectivity index (χ2n) is 7.32. The lowest BCUT2D eigenvalue weighted by atomic mass is 10.1. The highest BCUT2D eigenvalue weighted by Crippen LogP contribution is 2.36. The molecule has 3 aromatic rings. The van der Waals surface area contributed by atoms with Crippen molar-refractivity contribution in [3.63, 3.8) is 0 Å². The van der Waals surface area contributed by atoms with Crippen LogP contribution < -0.4 is 19.7 Å². The van der Waals surface area contributed by atoms with Gasteiger partial charge < -0.3 is 19.7 Å². The third-order valence-corrected chi connectivity index (χ3v) is 5.24. The summed E-state index contributed by atoms with van der Waals surface area (Å²) in [5, 5.41) is 2.89. The van der Waals surface area contributed by atoms with E-state index in [0.29, 0.717) is 35.0 Å². The lowest BCUT2D eigenvalue weighted by molar-refractivity contribution is -0.125. The molecule has 2 amide bonds. The fourth-order valence-electron chi connectivity index (χ4n) is 3.63. The van der Waals surface area contributed by atoms with E-state index in [9.17, 15) is 9.59 Å². The molecule has 158 valence electrons. The van der Waals surface area contributed by atoms with Gasteiger partial charge in [0.15, 0.2) is 6.10 Å². The van der Waals surface area contributed by atoms with Gasteiger partial charge in [-0.1, -0.05) is 42.5 Å². The van der Waals surface area contributed by atoms with Gasteiger partial charge >= 0.3 is 0 Å². The van der Waals surface area contributed by atoms with Crippen molar-refractivity contribution in [2.45, 2.75) is 19.4 Å². The molecule has 1 heterocycles. The van der Waals surface area contributed by atoms with E-state index in [-0.39, 0.29) is 11.8 Å². The van der Waals surface area contributed by atoms with Gasteiger partial charge in [-0.25, -0.2) is 0 Å². The zero-order valence-corrected chi connectivity index (χ0v) is 17.5. The first-order chi connectivity index (χ1) is 15.1. The number of nitrogens with one attached hydrogen (secondary N) is 1. The quantitative estimate of drug-likeness (QED) is 0.650. The second kappa shape index (κ2) is 8.92. The van der Waals surface area contributed by atoms with E-state index in [0.717, 1.165) is 12.0 Å². The monoisotopic (exact) mass is 416 g/mol. The van der Waals surface area contributed by atoms with Crippen LogP contribution in [0.5, 0.6) is 11.5 Å². The van der Waals surface area contributed by atoms with Gasteiger partial charge in [0, 0.05) is 12.2 Å². The summed E-state index contributed by atoms with van der Waals surface area (Å²) >= 11 is 0. The number of nitrogens with zero attached hydrogens (tertiary/aromatic N) is 1. The molecule has 6 nitrogen and oxygen atoms in total. The van der Waals surface area contributed by atoms with E-state index in [1.54, 1.807) is 48.2 Å². The Hall–Kier alpha value is -3.80. The van der Waals surface area contributed by atoms with Crippen molar-refractivity contribution in [2.24, 2.45) is 0 Å². The van der Waals surface area contributed by atoms with Gasteiger partial charge in [0.25, 0.3) is 11.8 Å². The van der Waals surface area contributed by atoms with E-state index >= 15 is 0 Å². The normalized spacial score (nSPS) is 15.1. The van der Waals surface area contributed by atoms with Crippen LogP contribution in [0.4, 0.5) is 11.4 Å². The Bertz CT molecular complexity index is 1100. The molecule has 0 aromatic heterocycles. The van der Waals surface area contributed by atoms with Crippen LogP contribution >= 0.6 is 0 Å². The maximum Gasteiger partial charge on any atom is 0.267 e. The number of anilines is 2. The standard InChI is InChI=1S/C25H24N2O4/c1-17-25(29)27(15-14-18-8-4-3-5-9-18)21-16-19(12-13-23(21)31-17)26-24(28)20-10-6-7-11-22(20)30-2/h3-13,16-17H,14-15H2,1-2H3,(H,26,28). The molecule has 1 atom stereocenters. The van der Waals surface area contributed by atoms with Crippen LogP contribution in [0, 0.1) is 0 Å². The molecule has 3 aromatic carbocycles. The Balaban J connectivity index is 1.58. The molecule has 0 saturated carbocycles. The molecule has 31 heavy (non-hydrogen) atoms. The smallest absolute Gasteiger partial charge is 0.267 e. The molecule has 1 unspecified atom stereocenters. The number of benzene rings is 3. The van der Waals surface area contributed by atoms with Gasteiger partial charge in [0.05, 0.1) is 18.4 Å². The largest absolute Gasteiger partial charge is 0.496 e. The van der Waals surface area contributed by atoms with Crippen molar-refractivity contribution in [3.8, 4) is 11.5 Å². The third kappa shape index (κ3) is 4.38. The van der Waals surface area contributed by atoms with E-state index in [1.165, 1.54) is 7.11 Å². The molecule has 0 fully saturated rings. The number of carbonyl (C=O) groups is 2. The summed E-state index contributed by atoms with van der Waals surface area (Å²) in [6.07, 6.45) is 0.161. The van der Waals surface area contributed by atoms with Gasteiger partial charge in [-0.2, -0.15) is 0 Å². The van der Waals surface area contributed by atoms with Crippen molar-refractivity contribution < 1.29 is 19.1 Å². The lowest BCUT2D eigenvalue weighted by Gasteiger charge is -2.33. The fraction of sp³-hybridized carbons (Fsp3) is 0.200. The Morgan fingerprint density at radius 2 is 1.81 bits per heavy atom. The molecule has 0 aliphatic carbocycles. The number of para-hydroxylation sites is 1. The average molecular weight is 416 g/mol. The highest BCUT2D eigenvalue weighted by molar-refractivity contribution is 6.07. The Morgan fingerprint density at radius 1 is 1.06 bits per heavy atom. The molecule has 1 aliphatic rings. The highest BCUT2D eigenvalue weighted by atomic mass is 16.5. The first-order valence-electron chi connectivity index (χ1n) is 10.2. The Labute approximate surface area is 181 Å². The summed E-state index contributed by atoms with van der Waals surface area (Å²) in [7, 11) is 1.53. The Morgan fingerprint density at radius 3 is 2.58 bits per heavy atom. The van der Waals surface area contributed by atoms with Crippen molar-refractivity contribution in [1.29, 1.82) is 0 Å². The van der Waals surface area contributed by atoms with Crippen LogP contribution in [-0.4, -0.2) is 31.6 Å². The molecule has 0 saturated heterocycles. The molecule has 1 aliphatic heterocycles. The number of hydrogen-bond donors (Lipinski definition) is 1. The number of ether oxygens (including phenoxy) is 2. The molecule has 0 bridgehead atoms. The van der Waals surface area contributed by atoms with Gasteiger partial charge in [0.1, 0.15) is 11.5 Å². The molecule has 0 spiro atoms.